The Hall–Kier alpha value is 0.646. The quantitative estimate of drug-likeness (QED) is 0.343. The van der Waals surface area contributed by atoms with Crippen molar-refractivity contribution in [2.45, 2.75) is 0 Å². The third-order valence-corrected chi connectivity index (χ3v) is 0.409. The topological polar surface area (TPSA) is 38.7 Å². The Morgan fingerprint density at radius 1 is 1.14 bits per heavy atom. The van der Waals surface area contributed by atoms with Gasteiger partial charge in [0.1, 0.15) is 0 Å². The fourth-order valence-corrected chi connectivity index (χ4v) is 0.205. The van der Waals surface area contributed by atoms with Crippen LogP contribution in [-0.4, -0.2) is 15.4 Å². The van der Waals surface area contributed by atoms with Gasteiger partial charge in [0, 0.05) is 0 Å². The summed E-state index contributed by atoms with van der Waals surface area (Å²) in [6.45, 7) is 0. The van der Waals surface area contributed by atoms with Gasteiger partial charge in [-0.05, 0) is 11.3 Å². The van der Waals surface area contributed by atoms with Gasteiger partial charge in [-0.3, -0.25) is 0 Å². The van der Waals surface area contributed by atoms with E-state index in [-0.39, 0.29) is 52.8 Å². The van der Waals surface area contributed by atoms with Crippen molar-refractivity contribution < 1.29 is 52.8 Å². The van der Waals surface area contributed by atoms with Gasteiger partial charge >= 0.3 is 51.4 Å². The molecule has 0 N–H and O–H groups in total. The molecule has 0 aromatic carbocycles. The van der Waals surface area contributed by atoms with E-state index in [1.165, 1.54) is 0 Å². The summed E-state index contributed by atoms with van der Waals surface area (Å²) in [5.74, 6) is 0. The zero-order valence-electron chi connectivity index (χ0n) is 5.07. The van der Waals surface area contributed by atoms with Crippen LogP contribution in [0.4, 0.5) is 0 Å². The second-order valence-electron chi connectivity index (χ2n) is 0.811. The predicted molar refractivity (Wildman–Crippen MR) is 20.9 cm³/mol. The summed E-state index contributed by atoms with van der Waals surface area (Å²) in [5.41, 5.74) is 0. The maximum Gasteiger partial charge on any atom is 1.00 e. The maximum absolute atomic E-state index is 3.42. The van der Waals surface area contributed by atoms with E-state index in [0.717, 1.165) is 0 Å². The summed E-state index contributed by atoms with van der Waals surface area (Å²) < 4.78 is 0. The Bertz CT molecular complexity index is 86.5. The first-order chi connectivity index (χ1) is 3.00. The molecule has 0 atom stereocenters. The molecule has 1 heterocycles. The van der Waals surface area contributed by atoms with E-state index < -0.39 is 0 Å². The Labute approximate surface area is 85.4 Å². The molecule has 0 amide bonds. The fourth-order valence-electron chi connectivity index (χ4n) is 0.205. The van der Waals surface area contributed by atoms with E-state index in [0.29, 0.717) is 0 Å². The largest absolute Gasteiger partial charge is 1.00 e. The molecule has 4 heteroatoms. The fraction of sp³-hybridized carbons (Fsp3) is 0. The third-order valence-electron chi connectivity index (χ3n) is 0.409. The summed E-state index contributed by atoms with van der Waals surface area (Å²) in [6.07, 6.45) is 3.15. The van der Waals surface area contributed by atoms with Crippen LogP contribution < -0.4 is 51.4 Å². The SMILES string of the molecule is [H-].[K+].c1cnnnc1. The smallest absolute Gasteiger partial charge is 1.00 e. The van der Waals surface area contributed by atoms with E-state index in [9.17, 15) is 0 Å². The molecule has 3 nitrogen and oxygen atoms in total. The zero-order chi connectivity index (χ0) is 4.24. The van der Waals surface area contributed by atoms with Gasteiger partial charge in [0.05, 0.1) is 12.4 Å². The molecule has 1 aromatic heterocycles. The maximum atomic E-state index is 3.42. The first-order valence-corrected chi connectivity index (χ1v) is 1.58. The normalized spacial score (nSPS) is 6.86. The van der Waals surface area contributed by atoms with Gasteiger partial charge in [-0.15, -0.1) is 10.2 Å². The Morgan fingerprint density at radius 2 is 1.71 bits per heavy atom. The number of hydrogen-bond donors (Lipinski definition) is 0. The number of aromatic nitrogens is 3. The molecule has 0 saturated heterocycles. The van der Waals surface area contributed by atoms with Crippen LogP contribution in [0.5, 0.6) is 0 Å². The third kappa shape index (κ3) is 3.25. The van der Waals surface area contributed by atoms with E-state index in [2.05, 4.69) is 15.4 Å². The van der Waals surface area contributed by atoms with Gasteiger partial charge < -0.3 is 1.43 Å². The second kappa shape index (κ2) is 4.80. The van der Waals surface area contributed by atoms with Gasteiger partial charge in [-0.25, -0.2) is 0 Å². The van der Waals surface area contributed by atoms with Gasteiger partial charge in [0.2, 0.25) is 0 Å². The first-order valence-electron chi connectivity index (χ1n) is 1.58. The molecule has 0 spiro atoms. The van der Waals surface area contributed by atoms with Crippen molar-refractivity contribution in [3.63, 3.8) is 0 Å². The molecule has 0 radical (unpaired) electrons. The second-order valence-corrected chi connectivity index (χ2v) is 0.811. The Morgan fingerprint density at radius 3 is 1.86 bits per heavy atom. The molecule has 0 fully saturated rings. The van der Waals surface area contributed by atoms with Crippen molar-refractivity contribution in [1.82, 2.24) is 15.4 Å². The van der Waals surface area contributed by atoms with Crippen molar-refractivity contribution in [3.8, 4) is 0 Å². The molecule has 1 rings (SSSR count). The minimum absolute atomic E-state index is 0. The van der Waals surface area contributed by atoms with Crippen molar-refractivity contribution in [2.75, 3.05) is 0 Å². The number of nitrogens with zero attached hydrogens (tertiary/aromatic N) is 3. The van der Waals surface area contributed by atoms with Gasteiger partial charge in [0.15, 0.2) is 0 Å². The van der Waals surface area contributed by atoms with Crippen LogP contribution in [0.2, 0.25) is 0 Å². The van der Waals surface area contributed by atoms with Gasteiger partial charge in [-0.1, -0.05) is 0 Å². The molecule has 0 unspecified atom stereocenters. The van der Waals surface area contributed by atoms with Crippen LogP contribution in [0.15, 0.2) is 18.5 Å². The minimum Gasteiger partial charge on any atom is -1.00 e. The molecule has 1 aromatic rings. The minimum atomic E-state index is 0. The summed E-state index contributed by atoms with van der Waals surface area (Å²) in [4.78, 5) is 0. The Kier molecular flexibility index (Phi) is 5.24. The standard InChI is InChI=1S/C3H3N3.K.H/c1-2-4-6-5-3-1;;/h1-3H;;/q;+1;-1. The average Bonchev–Trinajstić information content (AvgIpc) is 1.72. The molecular weight excluding hydrogens is 117 g/mol. The van der Waals surface area contributed by atoms with E-state index >= 15 is 0 Å². The summed E-state index contributed by atoms with van der Waals surface area (Å²) in [7, 11) is 0. The van der Waals surface area contributed by atoms with Crippen LogP contribution in [0.1, 0.15) is 1.43 Å². The van der Waals surface area contributed by atoms with Gasteiger partial charge in [0.25, 0.3) is 0 Å². The molecule has 0 bridgehead atoms. The van der Waals surface area contributed by atoms with Gasteiger partial charge in [-0.2, -0.15) is 0 Å². The van der Waals surface area contributed by atoms with Crippen LogP contribution in [0.25, 0.3) is 0 Å². The van der Waals surface area contributed by atoms with Crippen LogP contribution in [0.3, 0.4) is 0 Å². The van der Waals surface area contributed by atoms with E-state index in [1.807, 2.05) is 0 Å². The Balaban J connectivity index is 0. The summed E-state index contributed by atoms with van der Waals surface area (Å²) >= 11 is 0. The molecule has 0 aliphatic rings. The van der Waals surface area contributed by atoms with Crippen LogP contribution >= 0.6 is 0 Å². The predicted octanol–water partition coefficient (Wildman–Crippen LogP) is -3.01. The molecule has 0 aliphatic heterocycles. The summed E-state index contributed by atoms with van der Waals surface area (Å²) in [6, 6.07) is 1.72. The van der Waals surface area contributed by atoms with Crippen LogP contribution in [0, 0.1) is 0 Å². The zero-order valence-corrected chi connectivity index (χ0v) is 7.20. The summed E-state index contributed by atoms with van der Waals surface area (Å²) in [5, 5.41) is 10.1. The molecule has 0 aliphatic carbocycles. The monoisotopic (exact) mass is 121 g/mol. The first kappa shape index (κ1) is 7.65. The van der Waals surface area contributed by atoms with Crippen molar-refractivity contribution >= 4 is 0 Å². The van der Waals surface area contributed by atoms with Crippen molar-refractivity contribution in [2.24, 2.45) is 0 Å². The van der Waals surface area contributed by atoms with E-state index in [1.54, 1.807) is 18.5 Å². The average molecular weight is 121 g/mol. The molecular formula is C3H4KN3. The van der Waals surface area contributed by atoms with E-state index in [4.69, 9.17) is 0 Å². The molecule has 7 heavy (non-hydrogen) atoms. The van der Waals surface area contributed by atoms with Crippen molar-refractivity contribution in [1.29, 1.82) is 0 Å². The molecule has 32 valence electrons. The number of rotatable bonds is 0. The number of hydrogen-bond acceptors (Lipinski definition) is 3. The van der Waals surface area contributed by atoms with Crippen LogP contribution in [-0.2, 0) is 0 Å². The van der Waals surface area contributed by atoms with Crippen molar-refractivity contribution in [3.05, 3.63) is 18.5 Å². The molecule has 0 saturated carbocycles.